The van der Waals surface area contributed by atoms with Gasteiger partial charge in [-0.3, -0.25) is 0 Å². The summed E-state index contributed by atoms with van der Waals surface area (Å²) in [6, 6.07) is 0.454. The van der Waals surface area contributed by atoms with Crippen LogP contribution in [0.5, 0.6) is 0 Å². The van der Waals surface area contributed by atoms with E-state index in [2.05, 4.69) is 0 Å². The molecule has 0 amide bonds. The third kappa shape index (κ3) is 1.49. The van der Waals surface area contributed by atoms with Crippen LogP contribution in [0.4, 0.5) is 13.2 Å². The zero-order valence-corrected chi connectivity index (χ0v) is 6.57. The molecule has 0 spiro atoms. The molecule has 0 aliphatic carbocycles. The summed E-state index contributed by atoms with van der Waals surface area (Å²) in [4.78, 5) is 10.4. The van der Waals surface area contributed by atoms with E-state index < -0.39 is 34.5 Å². The van der Waals surface area contributed by atoms with Crippen molar-refractivity contribution in [3.05, 3.63) is 34.6 Å². The van der Waals surface area contributed by atoms with Gasteiger partial charge in [-0.15, -0.1) is 0 Å². The Morgan fingerprint density at radius 1 is 1.31 bits per heavy atom. The lowest BCUT2D eigenvalue weighted by Crippen LogP contribution is -2.05. The SMILES string of the molecule is Cc1c(C(=O)O)cc(F)c(F)c1F. The number of hydrogen-bond acceptors (Lipinski definition) is 1. The van der Waals surface area contributed by atoms with Crippen molar-refractivity contribution in [2.45, 2.75) is 6.92 Å². The number of carbonyl (C=O) groups is 1. The molecule has 1 aromatic carbocycles. The molecule has 13 heavy (non-hydrogen) atoms. The molecule has 5 heteroatoms. The third-order valence-electron chi connectivity index (χ3n) is 1.64. The number of benzene rings is 1. The summed E-state index contributed by atoms with van der Waals surface area (Å²) in [5.41, 5.74) is -0.984. The topological polar surface area (TPSA) is 37.3 Å². The molecule has 0 saturated heterocycles. The lowest BCUT2D eigenvalue weighted by atomic mass is 10.1. The first kappa shape index (κ1) is 9.57. The van der Waals surface area contributed by atoms with Gasteiger partial charge in [0.05, 0.1) is 5.56 Å². The van der Waals surface area contributed by atoms with Crippen molar-refractivity contribution in [2.75, 3.05) is 0 Å². The molecule has 0 aromatic heterocycles. The predicted octanol–water partition coefficient (Wildman–Crippen LogP) is 2.11. The van der Waals surface area contributed by atoms with Crippen molar-refractivity contribution in [3.8, 4) is 0 Å². The van der Waals surface area contributed by atoms with Crippen molar-refractivity contribution in [2.24, 2.45) is 0 Å². The molecule has 1 rings (SSSR count). The van der Waals surface area contributed by atoms with Gasteiger partial charge in [0, 0.05) is 5.56 Å². The summed E-state index contributed by atoms with van der Waals surface area (Å²) < 4.78 is 37.7. The van der Waals surface area contributed by atoms with Crippen LogP contribution in [0, 0.1) is 24.4 Å². The summed E-state index contributed by atoms with van der Waals surface area (Å²) in [5.74, 6) is -6.10. The average Bonchev–Trinajstić information content (AvgIpc) is 2.07. The van der Waals surface area contributed by atoms with Gasteiger partial charge >= 0.3 is 5.97 Å². The first-order valence-corrected chi connectivity index (χ1v) is 3.32. The largest absolute Gasteiger partial charge is 0.478 e. The third-order valence-corrected chi connectivity index (χ3v) is 1.64. The molecule has 0 atom stereocenters. The van der Waals surface area contributed by atoms with Crippen LogP contribution in [0.2, 0.25) is 0 Å². The molecule has 0 bridgehead atoms. The molecule has 0 saturated carbocycles. The first-order chi connectivity index (χ1) is 5.95. The van der Waals surface area contributed by atoms with Crippen LogP contribution in [-0.4, -0.2) is 11.1 Å². The van der Waals surface area contributed by atoms with Gasteiger partial charge in [0.25, 0.3) is 0 Å². The van der Waals surface area contributed by atoms with E-state index in [0.717, 1.165) is 6.92 Å². The fourth-order valence-corrected chi connectivity index (χ4v) is 0.908. The van der Waals surface area contributed by atoms with Crippen molar-refractivity contribution < 1.29 is 23.1 Å². The molecular weight excluding hydrogens is 185 g/mol. The Labute approximate surface area is 71.6 Å². The van der Waals surface area contributed by atoms with Gasteiger partial charge in [-0.25, -0.2) is 18.0 Å². The molecule has 0 aliphatic heterocycles. The number of rotatable bonds is 1. The summed E-state index contributed by atoms with van der Waals surface area (Å²) in [7, 11) is 0. The average molecular weight is 190 g/mol. The fourth-order valence-electron chi connectivity index (χ4n) is 0.908. The maximum absolute atomic E-state index is 12.7. The molecule has 70 valence electrons. The predicted molar refractivity (Wildman–Crippen MR) is 38.0 cm³/mol. The summed E-state index contributed by atoms with van der Waals surface area (Å²) >= 11 is 0. The second-order valence-electron chi connectivity index (χ2n) is 2.46. The van der Waals surface area contributed by atoms with Crippen molar-refractivity contribution in [3.63, 3.8) is 0 Å². The lowest BCUT2D eigenvalue weighted by Gasteiger charge is -2.03. The highest BCUT2D eigenvalue weighted by Gasteiger charge is 2.18. The van der Waals surface area contributed by atoms with E-state index >= 15 is 0 Å². The quantitative estimate of drug-likeness (QED) is 0.688. The second kappa shape index (κ2) is 3.08. The molecule has 0 unspecified atom stereocenters. The van der Waals surface area contributed by atoms with Gasteiger partial charge in [-0.05, 0) is 13.0 Å². The van der Waals surface area contributed by atoms with E-state index in [9.17, 15) is 18.0 Å². The number of halogens is 3. The highest BCUT2D eigenvalue weighted by molar-refractivity contribution is 5.89. The molecule has 0 aliphatic rings. The van der Waals surface area contributed by atoms with Crippen LogP contribution in [0.25, 0.3) is 0 Å². The molecular formula is C8H5F3O2. The summed E-state index contributed by atoms with van der Waals surface area (Å²) in [6.45, 7) is 1.07. The zero-order chi connectivity index (χ0) is 10.2. The van der Waals surface area contributed by atoms with E-state index in [4.69, 9.17) is 5.11 Å². The standard InChI is InChI=1S/C8H5F3O2/c1-3-4(8(12)13)2-5(9)7(11)6(3)10/h2H,1H3,(H,12,13). The molecule has 2 nitrogen and oxygen atoms in total. The molecule has 0 radical (unpaired) electrons. The van der Waals surface area contributed by atoms with Crippen LogP contribution < -0.4 is 0 Å². The number of carboxylic acid groups (broad SMARTS) is 1. The minimum Gasteiger partial charge on any atom is -0.478 e. The van der Waals surface area contributed by atoms with Crippen LogP contribution in [-0.2, 0) is 0 Å². The van der Waals surface area contributed by atoms with Crippen LogP contribution in [0.15, 0.2) is 6.07 Å². The van der Waals surface area contributed by atoms with Gasteiger partial charge in [0.15, 0.2) is 17.5 Å². The van der Waals surface area contributed by atoms with Gasteiger partial charge < -0.3 is 5.11 Å². The van der Waals surface area contributed by atoms with Crippen molar-refractivity contribution in [1.29, 1.82) is 0 Å². The number of aromatic carboxylic acids is 1. The minimum atomic E-state index is -1.65. The first-order valence-electron chi connectivity index (χ1n) is 3.32. The number of carboxylic acids is 1. The van der Waals surface area contributed by atoms with E-state index in [1.165, 1.54) is 0 Å². The van der Waals surface area contributed by atoms with Gasteiger partial charge in [0.1, 0.15) is 0 Å². The molecule has 1 aromatic rings. The van der Waals surface area contributed by atoms with Crippen LogP contribution >= 0.6 is 0 Å². The fraction of sp³-hybridized carbons (Fsp3) is 0.125. The normalized spacial score (nSPS) is 10.2. The maximum atomic E-state index is 12.7. The van der Waals surface area contributed by atoms with E-state index in [0.29, 0.717) is 6.07 Å². The van der Waals surface area contributed by atoms with E-state index in [-0.39, 0.29) is 0 Å². The second-order valence-corrected chi connectivity index (χ2v) is 2.46. The minimum absolute atomic E-state index is 0.411. The van der Waals surface area contributed by atoms with Crippen molar-refractivity contribution >= 4 is 5.97 Å². The van der Waals surface area contributed by atoms with Gasteiger partial charge in [-0.1, -0.05) is 0 Å². The molecule has 0 fully saturated rings. The Morgan fingerprint density at radius 2 is 1.85 bits per heavy atom. The number of hydrogen-bond donors (Lipinski definition) is 1. The van der Waals surface area contributed by atoms with Crippen molar-refractivity contribution in [1.82, 2.24) is 0 Å². The van der Waals surface area contributed by atoms with Gasteiger partial charge in [0.2, 0.25) is 0 Å². The molecule has 1 N–H and O–H groups in total. The van der Waals surface area contributed by atoms with E-state index in [1.807, 2.05) is 0 Å². The Bertz CT molecular complexity index is 374. The highest BCUT2D eigenvalue weighted by atomic mass is 19.2. The van der Waals surface area contributed by atoms with E-state index in [1.54, 1.807) is 0 Å². The molecule has 0 heterocycles. The maximum Gasteiger partial charge on any atom is 0.336 e. The van der Waals surface area contributed by atoms with Crippen LogP contribution in [0.1, 0.15) is 15.9 Å². The smallest absolute Gasteiger partial charge is 0.336 e. The summed E-state index contributed by atoms with van der Waals surface area (Å²) in [6.07, 6.45) is 0. The Kier molecular flexibility index (Phi) is 2.27. The Morgan fingerprint density at radius 3 is 2.31 bits per heavy atom. The Hall–Kier alpha value is -1.52. The summed E-state index contributed by atoms with van der Waals surface area (Å²) in [5, 5.41) is 8.45. The zero-order valence-electron chi connectivity index (χ0n) is 6.57. The van der Waals surface area contributed by atoms with Gasteiger partial charge in [-0.2, -0.15) is 0 Å². The van der Waals surface area contributed by atoms with Crippen LogP contribution in [0.3, 0.4) is 0 Å². The monoisotopic (exact) mass is 190 g/mol. The lowest BCUT2D eigenvalue weighted by molar-refractivity contribution is 0.0694. The highest BCUT2D eigenvalue weighted by Crippen LogP contribution is 2.18. The Balaban J connectivity index is 3.50.